The average Bonchev–Trinajstić information content (AvgIpc) is 2.95. The van der Waals surface area contributed by atoms with Crippen LogP contribution in [0.5, 0.6) is 0 Å². The molecule has 0 spiro atoms. The van der Waals surface area contributed by atoms with E-state index in [4.69, 9.17) is 0 Å². The molecule has 1 aromatic heterocycles. The quantitative estimate of drug-likeness (QED) is 0.866. The molecule has 0 radical (unpaired) electrons. The maximum Gasteiger partial charge on any atom is 0.260 e. The summed E-state index contributed by atoms with van der Waals surface area (Å²) in [6.07, 6.45) is 1.52. The summed E-state index contributed by atoms with van der Waals surface area (Å²) >= 11 is 1.79. The summed E-state index contributed by atoms with van der Waals surface area (Å²) in [4.78, 5) is 0. The third kappa shape index (κ3) is 2.73. The molecule has 0 unspecified atom stereocenters. The van der Waals surface area contributed by atoms with Crippen molar-refractivity contribution in [2.75, 3.05) is 18.1 Å². The second-order valence-electron chi connectivity index (χ2n) is 4.91. The highest BCUT2D eigenvalue weighted by Crippen LogP contribution is 2.33. The fourth-order valence-electron chi connectivity index (χ4n) is 2.55. The smallest absolute Gasteiger partial charge is 0.256 e. The standard InChI is InChI=1S/C14H17N3O2S2/c1-16-14(7-8-15-16)21(18,19)17-9-10-20-11-13(17)12-5-3-2-4-6-12/h2-8,13H,9-11H2,1H3/t13-/m1/s1. The minimum Gasteiger partial charge on any atom is -0.256 e. The molecule has 0 N–H and O–H groups in total. The lowest BCUT2D eigenvalue weighted by molar-refractivity contribution is 0.352. The molecule has 112 valence electrons. The Balaban J connectivity index is 2.01. The van der Waals surface area contributed by atoms with Gasteiger partial charge in [-0.25, -0.2) is 8.42 Å². The van der Waals surface area contributed by atoms with Crippen molar-refractivity contribution in [2.45, 2.75) is 11.1 Å². The van der Waals surface area contributed by atoms with Crippen molar-refractivity contribution in [3.63, 3.8) is 0 Å². The Labute approximate surface area is 129 Å². The van der Waals surface area contributed by atoms with Gasteiger partial charge < -0.3 is 0 Å². The van der Waals surface area contributed by atoms with Crippen LogP contribution in [0.3, 0.4) is 0 Å². The summed E-state index contributed by atoms with van der Waals surface area (Å²) in [7, 11) is -1.87. The van der Waals surface area contributed by atoms with E-state index in [1.165, 1.54) is 10.9 Å². The van der Waals surface area contributed by atoms with Crippen molar-refractivity contribution < 1.29 is 8.42 Å². The van der Waals surface area contributed by atoms with Gasteiger partial charge in [-0.15, -0.1) is 0 Å². The van der Waals surface area contributed by atoms with Crippen molar-refractivity contribution >= 4 is 21.8 Å². The van der Waals surface area contributed by atoms with Crippen LogP contribution in [0.4, 0.5) is 0 Å². The van der Waals surface area contributed by atoms with Crippen LogP contribution >= 0.6 is 11.8 Å². The van der Waals surface area contributed by atoms with E-state index in [1.54, 1.807) is 29.2 Å². The van der Waals surface area contributed by atoms with Crippen molar-refractivity contribution in [1.29, 1.82) is 0 Å². The SMILES string of the molecule is Cn1nccc1S(=O)(=O)N1CCSC[C@@H]1c1ccccc1. The number of hydrogen-bond donors (Lipinski definition) is 0. The molecule has 0 amide bonds. The minimum atomic E-state index is -3.53. The van der Waals surface area contributed by atoms with Crippen LogP contribution in [-0.4, -0.2) is 40.6 Å². The lowest BCUT2D eigenvalue weighted by atomic mass is 10.1. The first-order valence-corrected chi connectivity index (χ1v) is 9.33. The molecular weight excluding hydrogens is 306 g/mol. The summed E-state index contributed by atoms with van der Waals surface area (Å²) in [6.45, 7) is 0.526. The molecular formula is C14H17N3O2S2. The predicted octanol–water partition coefficient (Wildman–Crippen LogP) is 1.90. The van der Waals surface area contributed by atoms with Crippen molar-refractivity contribution in [2.24, 2.45) is 7.05 Å². The summed E-state index contributed by atoms with van der Waals surface area (Å²) < 4.78 is 28.8. The van der Waals surface area contributed by atoms with E-state index in [9.17, 15) is 8.42 Å². The van der Waals surface area contributed by atoms with Gasteiger partial charge in [-0.1, -0.05) is 30.3 Å². The van der Waals surface area contributed by atoms with Crippen LogP contribution in [0.2, 0.25) is 0 Å². The van der Waals surface area contributed by atoms with Gasteiger partial charge in [-0.2, -0.15) is 21.2 Å². The molecule has 2 aromatic rings. The van der Waals surface area contributed by atoms with Gasteiger partial charge in [0.25, 0.3) is 10.0 Å². The van der Waals surface area contributed by atoms with Crippen LogP contribution in [0.1, 0.15) is 11.6 Å². The molecule has 1 fully saturated rings. The Bertz CT molecular complexity index is 713. The largest absolute Gasteiger partial charge is 0.260 e. The van der Waals surface area contributed by atoms with Crippen molar-refractivity contribution in [3.05, 3.63) is 48.2 Å². The van der Waals surface area contributed by atoms with Gasteiger partial charge in [0.2, 0.25) is 0 Å². The van der Waals surface area contributed by atoms with Crippen LogP contribution < -0.4 is 0 Å². The molecule has 1 aromatic carbocycles. The first-order chi connectivity index (χ1) is 10.1. The Morgan fingerprint density at radius 3 is 2.67 bits per heavy atom. The van der Waals surface area contributed by atoms with E-state index in [0.717, 1.165) is 17.1 Å². The maximum atomic E-state index is 12.9. The zero-order valence-electron chi connectivity index (χ0n) is 11.7. The van der Waals surface area contributed by atoms with Gasteiger partial charge in [0.15, 0.2) is 5.03 Å². The molecule has 1 saturated heterocycles. The highest BCUT2D eigenvalue weighted by molar-refractivity contribution is 7.99. The average molecular weight is 323 g/mol. The van der Waals surface area contributed by atoms with Gasteiger partial charge in [0.1, 0.15) is 0 Å². The lowest BCUT2D eigenvalue weighted by Crippen LogP contribution is -2.41. The normalized spacial score (nSPS) is 20.5. The molecule has 0 aliphatic carbocycles. The molecule has 1 aliphatic heterocycles. The minimum absolute atomic E-state index is 0.121. The first-order valence-electron chi connectivity index (χ1n) is 6.73. The predicted molar refractivity (Wildman–Crippen MR) is 83.6 cm³/mol. The number of aryl methyl sites for hydroxylation is 1. The van der Waals surface area contributed by atoms with Crippen molar-refractivity contribution in [1.82, 2.24) is 14.1 Å². The monoisotopic (exact) mass is 323 g/mol. The highest BCUT2D eigenvalue weighted by Gasteiger charge is 2.36. The number of hydrogen-bond acceptors (Lipinski definition) is 4. The highest BCUT2D eigenvalue weighted by atomic mass is 32.2. The summed E-state index contributed by atoms with van der Waals surface area (Å²) in [6, 6.07) is 11.3. The molecule has 2 heterocycles. The molecule has 3 rings (SSSR count). The Morgan fingerprint density at radius 1 is 1.24 bits per heavy atom. The zero-order valence-corrected chi connectivity index (χ0v) is 13.3. The molecule has 7 heteroatoms. The summed E-state index contributed by atoms with van der Waals surface area (Å²) in [5.41, 5.74) is 1.04. The summed E-state index contributed by atoms with van der Waals surface area (Å²) in [5.74, 6) is 1.60. The van der Waals surface area contributed by atoms with Gasteiger partial charge in [-0.05, 0) is 11.6 Å². The van der Waals surface area contributed by atoms with Crippen molar-refractivity contribution in [3.8, 4) is 0 Å². The molecule has 21 heavy (non-hydrogen) atoms. The number of sulfonamides is 1. The number of rotatable bonds is 3. The van der Waals surface area contributed by atoms with E-state index < -0.39 is 10.0 Å². The van der Waals surface area contributed by atoms with Crippen LogP contribution in [0.15, 0.2) is 47.6 Å². The topological polar surface area (TPSA) is 55.2 Å². The van der Waals surface area contributed by atoms with Crippen LogP contribution in [-0.2, 0) is 17.1 Å². The lowest BCUT2D eigenvalue weighted by Gasteiger charge is -2.34. The number of nitrogens with zero attached hydrogens (tertiary/aromatic N) is 3. The van der Waals surface area contributed by atoms with E-state index in [1.807, 2.05) is 30.3 Å². The van der Waals surface area contributed by atoms with E-state index in [-0.39, 0.29) is 11.1 Å². The zero-order chi connectivity index (χ0) is 14.9. The fourth-order valence-corrected chi connectivity index (χ4v) is 5.56. The summed E-state index contributed by atoms with van der Waals surface area (Å²) in [5, 5.41) is 4.23. The first kappa shape index (κ1) is 14.6. The maximum absolute atomic E-state index is 12.9. The molecule has 5 nitrogen and oxygen atoms in total. The van der Waals surface area contributed by atoms with Crippen LogP contribution in [0.25, 0.3) is 0 Å². The Kier molecular flexibility index (Phi) is 4.05. The molecule has 1 atom stereocenters. The van der Waals surface area contributed by atoms with Gasteiger partial charge in [0, 0.05) is 25.1 Å². The second kappa shape index (κ2) is 5.82. The second-order valence-corrected chi connectivity index (χ2v) is 7.90. The Morgan fingerprint density at radius 2 is 2.00 bits per heavy atom. The van der Waals surface area contributed by atoms with Gasteiger partial charge in [0.05, 0.1) is 12.2 Å². The van der Waals surface area contributed by atoms with E-state index in [0.29, 0.717) is 6.54 Å². The molecule has 0 bridgehead atoms. The fraction of sp³-hybridized carbons (Fsp3) is 0.357. The van der Waals surface area contributed by atoms with E-state index >= 15 is 0 Å². The van der Waals surface area contributed by atoms with E-state index in [2.05, 4.69) is 5.10 Å². The third-order valence-electron chi connectivity index (χ3n) is 3.61. The van der Waals surface area contributed by atoms with Crippen LogP contribution in [0, 0.1) is 0 Å². The van der Waals surface area contributed by atoms with Gasteiger partial charge in [-0.3, -0.25) is 4.68 Å². The number of aromatic nitrogens is 2. The molecule has 1 aliphatic rings. The third-order valence-corrected chi connectivity index (χ3v) is 6.62. The number of benzene rings is 1. The van der Waals surface area contributed by atoms with Gasteiger partial charge >= 0.3 is 0 Å². The number of thioether (sulfide) groups is 1. The molecule has 0 saturated carbocycles. The Hall–Kier alpha value is -1.31.